The number of para-hydroxylation sites is 1. The van der Waals surface area contributed by atoms with E-state index in [0.717, 1.165) is 31.7 Å². The molecule has 0 unspecified atom stereocenters. The molecular weight excluding hydrogens is 394 g/mol. The number of amides is 2. The fourth-order valence-electron chi connectivity index (χ4n) is 4.66. The van der Waals surface area contributed by atoms with Crippen LogP contribution in [0.25, 0.3) is 0 Å². The van der Waals surface area contributed by atoms with E-state index in [4.69, 9.17) is 9.26 Å². The number of rotatable bonds is 5. The second-order valence-electron chi connectivity index (χ2n) is 8.61. The van der Waals surface area contributed by atoms with Gasteiger partial charge in [-0.1, -0.05) is 23.4 Å². The summed E-state index contributed by atoms with van der Waals surface area (Å²) in [4.78, 5) is 30.0. The minimum Gasteiger partial charge on any atom is -0.490 e. The normalized spacial score (nSPS) is 21.7. The van der Waals surface area contributed by atoms with Gasteiger partial charge in [0.25, 0.3) is 5.91 Å². The predicted molar refractivity (Wildman–Crippen MR) is 116 cm³/mol. The second kappa shape index (κ2) is 9.54. The Balaban J connectivity index is 1.50. The molecule has 0 bridgehead atoms. The van der Waals surface area contributed by atoms with Crippen molar-refractivity contribution in [3.05, 3.63) is 47.3 Å². The van der Waals surface area contributed by atoms with Gasteiger partial charge in [0.05, 0.1) is 5.69 Å². The van der Waals surface area contributed by atoms with Gasteiger partial charge < -0.3 is 19.1 Å². The van der Waals surface area contributed by atoms with Gasteiger partial charge in [-0.15, -0.1) is 0 Å². The molecule has 3 heterocycles. The van der Waals surface area contributed by atoms with Crippen molar-refractivity contribution in [3.63, 3.8) is 0 Å². The highest BCUT2D eigenvalue weighted by Crippen LogP contribution is 2.28. The molecule has 0 spiro atoms. The lowest BCUT2D eigenvalue weighted by atomic mass is 9.90. The van der Waals surface area contributed by atoms with Crippen molar-refractivity contribution in [2.24, 2.45) is 5.92 Å². The topological polar surface area (TPSA) is 75.9 Å². The van der Waals surface area contributed by atoms with Crippen LogP contribution in [0.15, 0.2) is 34.9 Å². The molecule has 2 aliphatic heterocycles. The van der Waals surface area contributed by atoms with Gasteiger partial charge in [0, 0.05) is 44.9 Å². The first-order valence-corrected chi connectivity index (χ1v) is 11.2. The number of benzene rings is 1. The number of hydrogen-bond donors (Lipinski definition) is 0. The molecule has 2 atom stereocenters. The van der Waals surface area contributed by atoms with Crippen LogP contribution >= 0.6 is 0 Å². The lowest BCUT2D eigenvalue weighted by molar-refractivity contribution is -0.134. The Hall–Kier alpha value is -2.83. The van der Waals surface area contributed by atoms with E-state index in [1.54, 1.807) is 13.8 Å². The molecule has 7 heteroatoms. The molecule has 2 amide bonds. The number of nitrogens with zero attached hydrogens (tertiary/aromatic N) is 3. The molecule has 1 aromatic carbocycles. The van der Waals surface area contributed by atoms with Gasteiger partial charge in [0.1, 0.15) is 23.2 Å². The maximum atomic E-state index is 13.2. The van der Waals surface area contributed by atoms with Gasteiger partial charge >= 0.3 is 0 Å². The molecular formula is C24H31N3O4. The lowest BCUT2D eigenvalue weighted by Gasteiger charge is -2.39. The lowest BCUT2D eigenvalue weighted by Crippen LogP contribution is -2.50. The molecule has 2 fully saturated rings. The summed E-state index contributed by atoms with van der Waals surface area (Å²) in [6, 6.07) is 9.71. The molecule has 31 heavy (non-hydrogen) atoms. The van der Waals surface area contributed by atoms with E-state index in [9.17, 15) is 9.59 Å². The number of hydrogen-bond acceptors (Lipinski definition) is 5. The van der Waals surface area contributed by atoms with Gasteiger partial charge in [-0.2, -0.15) is 0 Å². The second-order valence-corrected chi connectivity index (χ2v) is 8.61. The highest BCUT2D eigenvalue weighted by atomic mass is 16.5. The Kier molecular flexibility index (Phi) is 6.59. The standard InChI is InChI=1S/C24H31N3O4/c1-17-23(18(2)31-25-17)24(29)27-14-11-21(30-20-9-5-3-6-10-20)19(16-27)15-22(28)26-12-7-4-8-13-26/h3,5-6,9-10,19,21H,4,7-8,11-16H2,1-2H3/t19-,21-/m0/s1. The van der Waals surface area contributed by atoms with Crippen LogP contribution in [0.4, 0.5) is 0 Å². The van der Waals surface area contributed by atoms with Crippen molar-refractivity contribution in [2.75, 3.05) is 26.2 Å². The molecule has 7 nitrogen and oxygen atoms in total. The summed E-state index contributed by atoms with van der Waals surface area (Å²) in [7, 11) is 0. The zero-order valence-corrected chi connectivity index (χ0v) is 18.4. The van der Waals surface area contributed by atoms with E-state index in [1.807, 2.05) is 40.1 Å². The monoisotopic (exact) mass is 425 g/mol. The zero-order valence-electron chi connectivity index (χ0n) is 18.4. The van der Waals surface area contributed by atoms with Crippen molar-refractivity contribution >= 4 is 11.8 Å². The Morgan fingerprint density at radius 1 is 1.06 bits per heavy atom. The number of carbonyl (C=O) groups is 2. The molecule has 2 saturated heterocycles. The van der Waals surface area contributed by atoms with E-state index >= 15 is 0 Å². The van der Waals surface area contributed by atoms with E-state index < -0.39 is 0 Å². The molecule has 2 aliphatic rings. The quantitative estimate of drug-likeness (QED) is 0.732. The number of carbonyl (C=O) groups excluding carboxylic acids is 2. The first-order valence-electron chi connectivity index (χ1n) is 11.2. The number of likely N-dealkylation sites (tertiary alicyclic amines) is 2. The zero-order chi connectivity index (χ0) is 21.8. The first-order chi connectivity index (χ1) is 15.0. The van der Waals surface area contributed by atoms with Gasteiger partial charge in [-0.05, 0) is 45.2 Å². The molecule has 0 aliphatic carbocycles. The fourth-order valence-corrected chi connectivity index (χ4v) is 4.66. The molecule has 166 valence electrons. The van der Waals surface area contributed by atoms with Crippen LogP contribution in [0, 0.1) is 19.8 Å². The maximum absolute atomic E-state index is 13.2. The number of aryl methyl sites for hydroxylation is 2. The fraction of sp³-hybridized carbons (Fsp3) is 0.542. The third-order valence-electron chi connectivity index (χ3n) is 6.37. The van der Waals surface area contributed by atoms with Crippen LogP contribution in [-0.4, -0.2) is 59.1 Å². The molecule has 0 saturated carbocycles. The maximum Gasteiger partial charge on any atom is 0.259 e. The van der Waals surface area contributed by atoms with Crippen molar-refractivity contribution < 1.29 is 18.8 Å². The van der Waals surface area contributed by atoms with Crippen molar-refractivity contribution in [3.8, 4) is 5.75 Å². The van der Waals surface area contributed by atoms with E-state index in [0.29, 0.717) is 42.9 Å². The average Bonchev–Trinajstić information content (AvgIpc) is 3.13. The number of ether oxygens (including phenoxy) is 1. The van der Waals surface area contributed by atoms with Crippen molar-refractivity contribution in [2.45, 2.75) is 52.1 Å². The van der Waals surface area contributed by atoms with Crippen molar-refractivity contribution in [1.82, 2.24) is 15.0 Å². The SMILES string of the molecule is Cc1noc(C)c1C(=O)N1CC[C@H](Oc2ccccc2)[C@@H](CC(=O)N2CCCCC2)C1. The summed E-state index contributed by atoms with van der Waals surface area (Å²) in [5.41, 5.74) is 1.13. The summed E-state index contributed by atoms with van der Waals surface area (Å²) in [5, 5.41) is 3.92. The minimum atomic E-state index is -0.107. The van der Waals surface area contributed by atoms with E-state index in [-0.39, 0.29) is 23.8 Å². The Labute approximate surface area is 183 Å². The molecule has 2 aromatic rings. The van der Waals surface area contributed by atoms with Crippen LogP contribution in [0.2, 0.25) is 0 Å². The van der Waals surface area contributed by atoms with Gasteiger partial charge in [0.2, 0.25) is 5.91 Å². The van der Waals surface area contributed by atoms with Crippen molar-refractivity contribution in [1.29, 1.82) is 0 Å². The summed E-state index contributed by atoms with van der Waals surface area (Å²) in [6.45, 7) is 6.27. The van der Waals surface area contributed by atoms with Gasteiger partial charge in [-0.3, -0.25) is 9.59 Å². The van der Waals surface area contributed by atoms with E-state index in [2.05, 4.69) is 5.16 Å². The highest BCUT2D eigenvalue weighted by molar-refractivity contribution is 5.96. The summed E-state index contributed by atoms with van der Waals surface area (Å²) >= 11 is 0. The highest BCUT2D eigenvalue weighted by Gasteiger charge is 2.37. The van der Waals surface area contributed by atoms with Crippen LogP contribution in [0.5, 0.6) is 5.75 Å². The first kappa shape index (κ1) is 21.4. The van der Waals surface area contributed by atoms with Crippen LogP contribution < -0.4 is 4.74 Å². The van der Waals surface area contributed by atoms with E-state index in [1.165, 1.54) is 6.42 Å². The molecule has 0 N–H and O–H groups in total. The largest absolute Gasteiger partial charge is 0.490 e. The summed E-state index contributed by atoms with van der Waals surface area (Å²) in [6.07, 6.45) is 4.29. The van der Waals surface area contributed by atoms with Crippen LogP contribution in [0.3, 0.4) is 0 Å². The summed E-state index contributed by atoms with van der Waals surface area (Å²) < 4.78 is 11.5. The summed E-state index contributed by atoms with van der Waals surface area (Å²) in [5.74, 6) is 1.36. The van der Waals surface area contributed by atoms with Gasteiger partial charge in [0.15, 0.2) is 0 Å². The number of piperidine rings is 2. The third-order valence-corrected chi connectivity index (χ3v) is 6.37. The average molecular weight is 426 g/mol. The Morgan fingerprint density at radius 3 is 2.48 bits per heavy atom. The number of aromatic nitrogens is 1. The van der Waals surface area contributed by atoms with Gasteiger partial charge in [-0.25, -0.2) is 0 Å². The Morgan fingerprint density at radius 2 is 1.81 bits per heavy atom. The van der Waals surface area contributed by atoms with Crippen LogP contribution in [-0.2, 0) is 4.79 Å². The molecule has 1 aromatic heterocycles. The molecule has 0 radical (unpaired) electrons. The Bertz CT molecular complexity index is 885. The van der Waals surface area contributed by atoms with Crippen LogP contribution in [0.1, 0.15) is 53.9 Å². The third kappa shape index (κ3) is 4.92. The molecule has 4 rings (SSSR count). The minimum absolute atomic E-state index is 0.0622. The predicted octanol–water partition coefficient (Wildman–Crippen LogP) is 3.60. The smallest absolute Gasteiger partial charge is 0.259 e.